The van der Waals surface area contributed by atoms with Crippen molar-refractivity contribution in [2.75, 3.05) is 59.0 Å². The molecule has 0 bridgehead atoms. The number of Topliss-reactive ketones (excluding diaryl/α,β-unsaturated/α-hetero) is 1. The summed E-state index contributed by atoms with van der Waals surface area (Å²) in [4.78, 5) is 44.8. The Bertz CT molecular complexity index is 2030. The number of nitriles is 1. The second-order valence-corrected chi connectivity index (χ2v) is 17.6. The van der Waals surface area contributed by atoms with Gasteiger partial charge in [0.2, 0.25) is 5.91 Å². The van der Waals surface area contributed by atoms with E-state index < -0.39 is 16.4 Å². The van der Waals surface area contributed by atoms with Gasteiger partial charge in [0, 0.05) is 31.6 Å². The van der Waals surface area contributed by atoms with Crippen molar-refractivity contribution in [3.05, 3.63) is 143 Å². The lowest BCUT2D eigenvalue weighted by Crippen LogP contribution is -2.63. The number of esters is 1. The van der Waals surface area contributed by atoms with Crippen LogP contribution in [0.25, 0.3) is 0 Å². The second kappa shape index (κ2) is 22.9. The molecule has 334 valence electrons. The number of hydrogen-bond acceptors (Lipinski definition) is 8. The Labute approximate surface area is 374 Å². The summed E-state index contributed by atoms with van der Waals surface area (Å²) in [6, 6.07) is 38.7. The molecule has 9 nitrogen and oxygen atoms in total. The Morgan fingerprint density at radius 2 is 1.25 bits per heavy atom. The molecule has 0 aliphatic carbocycles. The fraction of sp³-hybridized carbons (Fsp3) is 0.472. The summed E-state index contributed by atoms with van der Waals surface area (Å²) in [7, 11) is 0. The summed E-state index contributed by atoms with van der Waals surface area (Å²) in [5, 5.41) is 10.5. The van der Waals surface area contributed by atoms with Crippen LogP contribution in [0.5, 0.6) is 0 Å². The fourth-order valence-electron chi connectivity index (χ4n) is 9.82. The largest absolute Gasteiger partial charge is 0.465 e. The van der Waals surface area contributed by atoms with Gasteiger partial charge in [0.25, 0.3) is 0 Å². The zero-order valence-electron chi connectivity index (χ0n) is 37.2. The van der Waals surface area contributed by atoms with E-state index in [2.05, 4.69) is 64.1 Å². The van der Waals surface area contributed by atoms with Crippen molar-refractivity contribution in [1.82, 2.24) is 14.7 Å². The molecule has 0 saturated carbocycles. The number of likely N-dealkylation sites (tertiary alicyclic amines) is 3. The number of halogens is 1. The number of benzene rings is 4. The highest BCUT2D eigenvalue weighted by atomic mass is 19.1. The van der Waals surface area contributed by atoms with Crippen LogP contribution in [0.15, 0.2) is 115 Å². The maximum Gasteiger partial charge on any atom is 0.316 e. The van der Waals surface area contributed by atoms with E-state index in [0.717, 1.165) is 127 Å². The average Bonchev–Trinajstić information content (AvgIpc) is 3.34. The van der Waals surface area contributed by atoms with Crippen LogP contribution in [-0.2, 0) is 25.2 Å². The van der Waals surface area contributed by atoms with Gasteiger partial charge in [-0.25, -0.2) is 4.39 Å². The summed E-state index contributed by atoms with van der Waals surface area (Å²) >= 11 is 0. The number of rotatable bonds is 17. The lowest BCUT2D eigenvalue weighted by molar-refractivity contribution is -0.153. The molecule has 4 aromatic carbocycles. The molecule has 3 heterocycles. The number of piperidine rings is 3. The van der Waals surface area contributed by atoms with Gasteiger partial charge in [-0.1, -0.05) is 111 Å². The minimum atomic E-state index is -0.713. The number of carbonyl (C=O) groups excluding carboxylic acids is 3. The third-order valence-corrected chi connectivity index (χ3v) is 13.8. The van der Waals surface area contributed by atoms with Gasteiger partial charge >= 0.3 is 5.97 Å². The van der Waals surface area contributed by atoms with Gasteiger partial charge in [-0.3, -0.25) is 19.3 Å². The number of unbranched alkanes of at least 4 members (excludes halogenated alkanes) is 1. The van der Waals surface area contributed by atoms with Crippen molar-refractivity contribution in [3.8, 4) is 6.07 Å². The summed E-state index contributed by atoms with van der Waals surface area (Å²) in [5.41, 5.74) is 7.68. The first-order chi connectivity index (χ1) is 30.7. The van der Waals surface area contributed by atoms with Crippen molar-refractivity contribution >= 4 is 17.7 Å². The average molecular weight is 856 g/mol. The van der Waals surface area contributed by atoms with E-state index in [1.54, 1.807) is 12.1 Å². The van der Waals surface area contributed by atoms with Crippen LogP contribution in [0.1, 0.15) is 111 Å². The summed E-state index contributed by atoms with van der Waals surface area (Å²) in [6.07, 6.45) is 10.3. The number of carbonyl (C=O) groups is 3. The second-order valence-electron chi connectivity index (χ2n) is 17.6. The molecule has 1 amide bonds. The van der Waals surface area contributed by atoms with Gasteiger partial charge in [0.1, 0.15) is 16.8 Å². The first kappa shape index (κ1) is 47.3. The topological polar surface area (TPSA) is 120 Å². The van der Waals surface area contributed by atoms with Crippen molar-refractivity contribution in [2.24, 2.45) is 5.73 Å². The lowest BCUT2D eigenvalue weighted by Gasteiger charge is -2.48. The monoisotopic (exact) mass is 856 g/mol. The van der Waals surface area contributed by atoms with Crippen molar-refractivity contribution < 1.29 is 23.5 Å². The zero-order valence-corrected chi connectivity index (χ0v) is 37.2. The minimum absolute atomic E-state index is 0.0480. The van der Waals surface area contributed by atoms with Crippen LogP contribution in [-0.4, -0.2) is 96.9 Å². The molecule has 3 fully saturated rings. The summed E-state index contributed by atoms with van der Waals surface area (Å²) in [5.74, 6) is -0.560. The van der Waals surface area contributed by atoms with E-state index in [9.17, 15) is 24.0 Å². The number of nitrogens with two attached hydrogens (primary N) is 1. The van der Waals surface area contributed by atoms with E-state index in [1.165, 1.54) is 18.6 Å². The smallest absolute Gasteiger partial charge is 0.316 e. The van der Waals surface area contributed by atoms with Gasteiger partial charge < -0.3 is 20.3 Å². The summed E-state index contributed by atoms with van der Waals surface area (Å²) in [6.45, 7) is 9.40. The highest BCUT2D eigenvalue weighted by molar-refractivity contribution is 5.96. The van der Waals surface area contributed by atoms with Crippen LogP contribution >= 0.6 is 0 Å². The molecule has 0 radical (unpaired) electrons. The molecule has 0 aromatic heterocycles. The molecular formula is C53H66FN5O4. The molecule has 0 spiro atoms. The number of nitrogens with zero attached hydrogens (tertiary/aromatic N) is 4. The van der Waals surface area contributed by atoms with E-state index in [0.29, 0.717) is 25.0 Å². The molecule has 3 saturated heterocycles. The normalized spacial score (nSPS) is 18.0. The van der Waals surface area contributed by atoms with E-state index in [-0.39, 0.29) is 23.5 Å². The highest BCUT2D eigenvalue weighted by Crippen LogP contribution is 2.40. The molecule has 0 atom stereocenters. The SMILES string of the molecule is CCCCOC(=O)C1(c2ccccc2)CCN(CCC(C#N)(c2ccccc2)c2ccccc2)CC1.NC(=O)C1(N2CCCCC2)CCN(CCCC(=O)c2ccc(F)cc2)CC1. The summed E-state index contributed by atoms with van der Waals surface area (Å²) < 4.78 is 18.7. The van der Waals surface area contributed by atoms with E-state index >= 15 is 0 Å². The van der Waals surface area contributed by atoms with Crippen molar-refractivity contribution in [2.45, 2.75) is 100 Å². The third kappa shape index (κ3) is 11.7. The molecule has 63 heavy (non-hydrogen) atoms. The zero-order chi connectivity index (χ0) is 44.5. The van der Waals surface area contributed by atoms with Gasteiger partial charge in [0.15, 0.2) is 5.78 Å². The highest BCUT2D eigenvalue weighted by Gasteiger charge is 2.46. The predicted octanol–water partition coefficient (Wildman–Crippen LogP) is 8.86. The van der Waals surface area contributed by atoms with Gasteiger partial charge in [0.05, 0.1) is 18.1 Å². The van der Waals surface area contributed by atoms with Crippen LogP contribution in [0, 0.1) is 17.1 Å². The van der Waals surface area contributed by atoms with Gasteiger partial charge in [-0.15, -0.1) is 0 Å². The van der Waals surface area contributed by atoms with Crippen LogP contribution in [0.2, 0.25) is 0 Å². The third-order valence-electron chi connectivity index (χ3n) is 13.8. The molecule has 7 rings (SSSR count). The van der Waals surface area contributed by atoms with E-state index in [4.69, 9.17) is 10.5 Å². The first-order valence-electron chi connectivity index (χ1n) is 23.2. The Morgan fingerprint density at radius 1 is 0.714 bits per heavy atom. The van der Waals surface area contributed by atoms with Crippen LogP contribution < -0.4 is 5.73 Å². The molecule has 0 unspecified atom stereocenters. The Hall–Kier alpha value is -5.21. The maximum absolute atomic E-state index is 13.4. The first-order valence-corrected chi connectivity index (χ1v) is 23.2. The molecule has 3 aliphatic rings. The number of hydrogen-bond donors (Lipinski definition) is 1. The number of amides is 1. The van der Waals surface area contributed by atoms with Crippen LogP contribution in [0.3, 0.4) is 0 Å². The Balaban J connectivity index is 0.000000219. The number of primary amides is 1. The molecule has 10 heteroatoms. The lowest BCUT2D eigenvalue weighted by atomic mass is 9.71. The van der Waals surface area contributed by atoms with Crippen LogP contribution in [0.4, 0.5) is 4.39 Å². The van der Waals surface area contributed by atoms with Gasteiger partial charge in [-0.2, -0.15) is 5.26 Å². The fourth-order valence-corrected chi connectivity index (χ4v) is 9.82. The van der Waals surface area contributed by atoms with E-state index in [1.807, 2.05) is 54.6 Å². The Morgan fingerprint density at radius 3 is 1.79 bits per heavy atom. The molecule has 4 aromatic rings. The minimum Gasteiger partial charge on any atom is -0.465 e. The molecule has 2 N–H and O–H groups in total. The number of ketones is 1. The van der Waals surface area contributed by atoms with Gasteiger partial charge in [-0.05, 0) is 131 Å². The molecule has 3 aliphatic heterocycles. The maximum atomic E-state index is 13.4. The Kier molecular flexibility index (Phi) is 17.2. The predicted molar refractivity (Wildman–Crippen MR) is 247 cm³/mol. The standard InChI is InChI=1S/C32H36N2O2.C21H30FN3O2/c1-2-3-25-36-30(35)31(27-13-7-4-8-14-27)19-22-34(23-20-31)24-21-32(26-33,28-15-9-5-10-16-28)29-17-11-6-12-18-29;22-18-8-6-17(7-9-18)19(26)5-4-12-24-15-10-21(11-16-24,20(23)27)25-13-2-1-3-14-25/h4-18H,2-3,19-25H2,1H3;6-9H,1-5,10-16H2,(H2,23,27). The van der Waals surface area contributed by atoms with Crippen molar-refractivity contribution in [1.29, 1.82) is 5.26 Å². The molecular weight excluding hydrogens is 790 g/mol. The quantitative estimate of drug-likeness (QED) is 0.0636. The van der Waals surface area contributed by atoms with Crippen molar-refractivity contribution in [3.63, 3.8) is 0 Å². The number of ether oxygens (including phenoxy) is 1.